The van der Waals surface area contributed by atoms with Crippen LogP contribution in [0.4, 0.5) is 0 Å². The molecule has 3 atom stereocenters. The Hall–Kier alpha value is -1.92. The van der Waals surface area contributed by atoms with E-state index in [0.29, 0.717) is 19.5 Å². The highest BCUT2D eigenvalue weighted by Gasteiger charge is 2.33. The van der Waals surface area contributed by atoms with Gasteiger partial charge in [0.15, 0.2) is 0 Å². The van der Waals surface area contributed by atoms with Gasteiger partial charge in [-0.05, 0) is 44.2 Å². The summed E-state index contributed by atoms with van der Waals surface area (Å²) in [6.07, 6.45) is 3.88. The van der Waals surface area contributed by atoms with Crippen molar-refractivity contribution in [1.82, 2.24) is 10.2 Å². The molecule has 1 aliphatic carbocycles. The highest BCUT2D eigenvalue weighted by molar-refractivity contribution is 5.94. The van der Waals surface area contributed by atoms with Gasteiger partial charge in [0.2, 0.25) is 5.91 Å². The minimum absolute atomic E-state index is 0.0243. The van der Waals surface area contributed by atoms with Crippen LogP contribution in [0, 0.1) is 5.92 Å². The molecule has 6 heteroatoms. The largest absolute Gasteiger partial charge is 0.380 e. The molecule has 1 aliphatic heterocycles. The highest BCUT2D eigenvalue weighted by atomic mass is 16.5. The van der Waals surface area contributed by atoms with E-state index in [1.165, 1.54) is 0 Å². The number of hydrogen-bond donors (Lipinski definition) is 2. The van der Waals surface area contributed by atoms with Gasteiger partial charge in [-0.1, -0.05) is 18.2 Å². The van der Waals surface area contributed by atoms with Crippen LogP contribution in [0.15, 0.2) is 30.3 Å². The summed E-state index contributed by atoms with van der Waals surface area (Å²) in [6, 6.07) is 9.51. The van der Waals surface area contributed by atoms with Crippen molar-refractivity contribution in [2.24, 2.45) is 11.7 Å². The standard InChI is InChI=1S/C20H29N3O3/c1-26-18-13-15(7-8-17(18)21)19(24)22-16-9-11-23(12-10-16)20(25)14-5-3-2-4-6-14/h2-6,15-18H,7-13,21H2,1H3,(H,22,24)/t15-,17-,18-/m0/s1. The van der Waals surface area contributed by atoms with Gasteiger partial charge >= 0.3 is 0 Å². The molecule has 3 N–H and O–H groups in total. The van der Waals surface area contributed by atoms with Crippen LogP contribution in [0.5, 0.6) is 0 Å². The molecule has 3 rings (SSSR count). The number of nitrogens with zero attached hydrogens (tertiary/aromatic N) is 1. The Morgan fingerprint density at radius 3 is 2.46 bits per heavy atom. The average molecular weight is 359 g/mol. The SMILES string of the molecule is CO[C@H]1C[C@@H](C(=O)NC2CCN(C(=O)c3ccccc3)CC2)CC[C@@H]1N. The molecule has 1 aromatic carbocycles. The van der Waals surface area contributed by atoms with E-state index in [2.05, 4.69) is 5.32 Å². The summed E-state index contributed by atoms with van der Waals surface area (Å²) in [5.74, 6) is 0.148. The third kappa shape index (κ3) is 4.43. The number of ether oxygens (including phenoxy) is 1. The predicted molar refractivity (Wildman–Crippen MR) is 99.6 cm³/mol. The normalized spacial score (nSPS) is 27.2. The zero-order valence-corrected chi connectivity index (χ0v) is 15.4. The van der Waals surface area contributed by atoms with E-state index in [4.69, 9.17) is 10.5 Å². The van der Waals surface area contributed by atoms with Gasteiger partial charge in [-0.25, -0.2) is 0 Å². The van der Waals surface area contributed by atoms with Crippen LogP contribution in [0.25, 0.3) is 0 Å². The molecule has 142 valence electrons. The number of benzene rings is 1. The summed E-state index contributed by atoms with van der Waals surface area (Å²) in [7, 11) is 1.66. The maximum atomic E-state index is 12.6. The summed E-state index contributed by atoms with van der Waals surface area (Å²) in [6.45, 7) is 1.35. The fraction of sp³-hybridized carbons (Fsp3) is 0.600. The summed E-state index contributed by atoms with van der Waals surface area (Å²) in [5.41, 5.74) is 6.75. The molecule has 2 amide bonds. The zero-order valence-electron chi connectivity index (χ0n) is 15.4. The summed E-state index contributed by atoms with van der Waals surface area (Å²) >= 11 is 0. The molecule has 0 radical (unpaired) electrons. The molecular formula is C20H29N3O3. The van der Waals surface area contributed by atoms with Gasteiger partial charge in [0.25, 0.3) is 5.91 Å². The first-order chi connectivity index (χ1) is 12.6. The van der Waals surface area contributed by atoms with Gasteiger partial charge < -0.3 is 20.7 Å². The topological polar surface area (TPSA) is 84.7 Å². The molecule has 26 heavy (non-hydrogen) atoms. The summed E-state index contributed by atoms with van der Waals surface area (Å²) < 4.78 is 5.41. The van der Waals surface area contributed by atoms with Crippen LogP contribution in [0.2, 0.25) is 0 Å². The van der Waals surface area contributed by atoms with Crippen LogP contribution in [-0.4, -0.2) is 55.1 Å². The fourth-order valence-electron chi connectivity index (χ4n) is 3.97. The maximum Gasteiger partial charge on any atom is 0.253 e. The molecule has 1 saturated carbocycles. The fourth-order valence-corrected chi connectivity index (χ4v) is 3.97. The average Bonchev–Trinajstić information content (AvgIpc) is 2.69. The van der Waals surface area contributed by atoms with E-state index in [0.717, 1.165) is 31.2 Å². The van der Waals surface area contributed by atoms with E-state index in [-0.39, 0.29) is 35.9 Å². The Labute approximate surface area is 155 Å². The second kappa shape index (κ2) is 8.64. The van der Waals surface area contributed by atoms with Crippen LogP contribution in [0.1, 0.15) is 42.5 Å². The third-order valence-electron chi connectivity index (χ3n) is 5.67. The van der Waals surface area contributed by atoms with Crippen molar-refractivity contribution in [2.75, 3.05) is 20.2 Å². The van der Waals surface area contributed by atoms with Crippen molar-refractivity contribution in [1.29, 1.82) is 0 Å². The van der Waals surface area contributed by atoms with Crippen molar-refractivity contribution < 1.29 is 14.3 Å². The molecule has 6 nitrogen and oxygen atoms in total. The molecule has 2 fully saturated rings. The highest BCUT2D eigenvalue weighted by Crippen LogP contribution is 2.26. The van der Waals surface area contributed by atoms with E-state index >= 15 is 0 Å². The molecule has 2 aliphatic rings. The maximum absolute atomic E-state index is 12.6. The monoisotopic (exact) mass is 359 g/mol. The lowest BCUT2D eigenvalue weighted by molar-refractivity contribution is -0.128. The second-order valence-corrected chi connectivity index (χ2v) is 7.39. The van der Waals surface area contributed by atoms with E-state index < -0.39 is 0 Å². The Balaban J connectivity index is 1.46. The molecule has 1 saturated heterocycles. The van der Waals surface area contributed by atoms with Gasteiger partial charge in [-0.3, -0.25) is 9.59 Å². The molecular weight excluding hydrogens is 330 g/mol. The lowest BCUT2D eigenvalue weighted by Crippen LogP contribution is -2.50. The Morgan fingerprint density at radius 1 is 1.12 bits per heavy atom. The number of amides is 2. The number of carbonyl (C=O) groups is 2. The number of carbonyl (C=O) groups excluding carboxylic acids is 2. The molecule has 1 aromatic rings. The predicted octanol–water partition coefficient (Wildman–Crippen LogP) is 1.55. The lowest BCUT2D eigenvalue weighted by atomic mass is 9.83. The molecule has 0 spiro atoms. The third-order valence-corrected chi connectivity index (χ3v) is 5.67. The van der Waals surface area contributed by atoms with Gasteiger partial charge in [-0.15, -0.1) is 0 Å². The second-order valence-electron chi connectivity index (χ2n) is 7.39. The summed E-state index contributed by atoms with van der Waals surface area (Å²) in [4.78, 5) is 26.9. The van der Waals surface area contributed by atoms with Gasteiger partial charge in [0, 0.05) is 43.8 Å². The molecule has 0 unspecified atom stereocenters. The molecule has 0 aromatic heterocycles. The van der Waals surface area contributed by atoms with Crippen molar-refractivity contribution in [3.05, 3.63) is 35.9 Å². The summed E-state index contributed by atoms with van der Waals surface area (Å²) in [5, 5.41) is 3.17. The van der Waals surface area contributed by atoms with Crippen LogP contribution < -0.4 is 11.1 Å². The first kappa shape index (κ1) is 18.9. The number of likely N-dealkylation sites (tertiary alicyclic amines) is 1. The number of hydrogen-bond acceptors (Lipinski definition) is 4. The number of piperidine rings is 1. The van der Waals surface area contributed by atoms with Gasteiger partial charge in [-0.2, -0.15) is 0 Å². The van der Waals surface area contributed by atoms with E-state index in [1.807, 2.05) is 35.2 Å². The van der Waals surface area contributed by atoms with Crippen LogP contribution in [-0.2, 0) is 9.53 Å². The lowest BCUT2D eigenvalue weighted by Gasteiger charge is -2.35. The number of nitrogens with two attached hydrogens (primary N) is 1. The number of methoxy groups -OCH3 is 1. The van der Waals surface area contributed by atoms with Gasteiger partial charge in [0.1, 0.15) is 0 Å². The van der Waals surface area contributed by atoms with Crippen molar-refractivity contribution >= 4 is 11.8 Å². The van der Waals surface area contributed by atoms with Crippen molar-refractivity contribution in [3.63, 3.8) is 0 Å². The van der Waals surface area contributed by atoms with Crippen molar-refractivity contribution in [3.8, 4) is 0 Å². The number of nitrogens with one attached hydrogen (secondary N) is 1. The van der Waals surface area contributed by atoms with E-state index in [9.17, 15) is 9.59 Å². The van der Waals surface area contributed by atoms with Crippen molar-refractivity contribution in [2.45, 2.75) is 50.3 Å². The minimum Gasteiger partial charge on any atom is -0.380 e. The zero-order chi connectivity index (χ0) is 18.5. The Bertz CT molecular complexity index is 614. The number of rotatable bonds is 4. The Morgan fingerprint density at radius 2 is 1.81 bits per heavy atom. The first-order valence-electron chi connectivity index (χ1n) is 9.51. The quantitative estimate of drug-likeness (QED) is 0.854. The van der Waals surface area contributed by atoms with E-state index in [1.54, 1.807) is 7.11 Å². The van der Waals surface area contributed by atoms with Crippen LogP contribution >= 0.6 is 0 Å². The molecule has 0 bridgehead atoms. The first-order valence-corrected chi connectivity index (χ1v) is 9.51. The minimum atomic E-state index is -0.0372. The van der Waals surface area contributed by atoms with Crippen LogP contribution in [0.3, 0.4) is 0 Å². The Kier molecular flexibility index (Phi) is 6.27. The van der Waals surface area contributed by atoms with Gasteiger partial charge in [0.05, 0.1) is 6.10 Å². The smallest absolute Gasteiger partial charge is 0.253 e. The molecule has 1 heterocycles.